The third kappa shape index (κ3) is 5.85. The number of anilines is 1. The highest BCUT2D eigenvalue weighted by molar-refractivity contribution is 8.00. The largest absolute Gasteiger partial charge is 0.343 e. The van der Waals surface area contributed by atoms with Crippen LogP contribution in [0, 0.1) is 17.0 Å². The Morgan fingerprint density at radius 1 is 1.11 bits per heavy atom. The van der Waals surface area contributed by atoms with E-state index in [1.165, 1.54) is 16.7 Å². The zero-order valence-corrected chi connectivity index (χ0v) is 19.7. The lowest BCUT2D eigenvalue weighted by Gasteiger charge is -2.17. The van der Waals surface area contributed by atoms with Crippen molar-refractivity contribution >= 4 is 29.0 Å². The van der Waals surface area contributed by atoms with Crippen molar-refractivity contribution in [3.05, 3.63) is 116 Å². The van der Waals surface area contributed by atoms with Crippen molar-refractivity contribution in [2.24, 2.45) is 0 Å². The van der Waals surface area contributed by atoms with E-state index in [0.29, 0.717) is 29.2 Å². The minimum absolute atomic E-state index is 0.107. The first-order valence-electron chi connectivity index (χ1n) is 10.9. The summed E-state index contributed by atoms with van der Waals surface area (Å²) in [6, 6.07) is 23.4. The van der Waals surface area contributed by atoms with Gasteiger partial charge in [-0.3, -0.25) is 19.5 Å². The van der Waals surface area contributed by atoms with E-state index in [-0.39, 0.29) is 17.1 Å². The normalized spacial score (nSPS) is 11.7. The van der Waals surface area contributed by atoms with Gasteiger partial charge in [0.15, 0.2) is 5.16 Å². The molecule has 0 saturated carbocycles. The van der Waals surface area contributed by atoms with E-state index in [2.05, 4.69) is 15.5 Å². The highest BCUT2D eigenvalue weighted by Crippen LogP contribution is 2.36. The molecule has 10 heteroatoms. The Morgan fingerprint density at radius 3 is 2.49 bits per heavy atom. The molecule has 2 N–H and O–H groups in total. The molecule has 4 aromatic rings. The van der Waals surface area contributed by atoms with E-state index in [9.17, 15) is 19.7 Å². The van der Waals surface area contributed by atoms with Crippen molar-refractivity contribution in [1.29, 1.82) is 0 Å². The summed E-state index contributed by atoms with van der Waals surface area (Å²) in [5.74, 6) is -0.460. The summed E-state index contributed by atoms with van der Waals surface area (Å²) < 4.78 is 1.50. The number of hydrogen-bond acceptors (Lipinski definition) is 6. The van der Waals surface area contributed by atoms with Crippen LogP contribution in [0.2, 0.25) is 0 Å². The molecular formula is C25H23N5O4S. The number of thioether (sulfide) groups is 1. The number of nitro benzene ring substituents is 1. The summed E-state index contributed by atoms with van der Waals surface area (Å²) in [5.41, 5.74) is 2.01. The molecule has 0 saturated heterocycles. The molecule has 1 aromatic heterocycles. The number of nitrogens with zero attached hydrogens (tertiary/aromatic N) is 3. The molecule has 0 aliphatic rings. The number of H-pyrrole nitrogens is 1. The lowest BCUT2D eigenvalue weighted by molar-refractivity contribution is -0.384. The molecule has 0 aliphatic carbocycles. The second-order valence-electron chi connectivity index (χ2n) is 7.87. The van der Waals surface area contributed by atoms with Crippen LogP contribution in [0.3, 0.4) is 0 Å². The molecule has 178 valence electrons. The number of nitrogens with one attached hydrogen (secondary N) is 2. The van der Waals surface area contributed by atoms with Gasteiger partial charge in [0, 0.05) is 12.6 Å². The maximum atomic E-state index is 13.4. The number of nitro groups is 1. The van der Waals surface area contributed by atoms with Crippen molar-refractivity contribution in [3.63, 3.8) is 0 Å². The van der Waals surface area contributed by atoms with Crippen molar-refractivity contribution in [3.8, 4) is 0 Å². The Bertz CT molecular complexity index is 1390. The van der Waals surface area contributed by atoms with E-state index >= 15 is 0 Å². The average molecular weight is 490 g/mol. The first-order chi connectivity index (χ1) is 16.9. The number of benzene rings is 3. The SMILES string of the molecule is Cc1ccc(NC(=O)C(Sc2n[nH]c(=O)n2CCc2ccccc2)c2ccccc2)c([N+](=O)[O-])c1. The second-order valence-corrected chi connectivity index (χ2v) is 8.95. The van der Waals surface area contributed by atoms with Crippen LogP contribution >= 0.6 is 11.8 Å². The predicted octanol–water partition coefficient (Wildman–Crippen LogP) is 4.50. The molecule has 0 fully saturated rings. The van der Waals surface area contributed by atoms with Crippen molar-refractivity contribution in [2.75, 3.05) is 5.32 Å². The molecule has 0 bridgehead atoms. The Hall–Kier alpha value is -4.18. The maximum Gasteiger partial charge on any atom is 0.343 e. The number of aryl methyl sites for hydroxylation is 2. The molecule has 3 aromatic carbocycles. The van der Waals surface area contributed by atoms with Gasteiger partial charge in [0.2, 0.25) is 5.91 Å². The van der Waals surface area contributed by atoms with Crippen LogP contribution in [0.5, 0.6) is 0 Å². The van der Waals surface area contributed by atoms with Gasteiger partial charge in [0.1, 0.15) is 10.9 Å². The molecule has 1 heterocycles. The van der Waals surface area contributed by atoms with Crippen LogP contribution in [0.15, 0.2) is 88.8 Å². The molecule has 35 heavy (non-hydrogen) atoms. The quantitative estimate of drug-likeness (QED) is 0.203. The van der Waals surface area contributed by atoms with E-state index in [4.69, 9.17) is 0 Å². The first kappa shape index (κ1) is 24.0. The number of rotatable bonds is 9. The number of amides is 1. The van der Waals surface area contributed by atoms with Gasteiger partial charge in [-0.25, -0.2) is 9.89 Å². The number of carbonyl (C=O) groups is 1. The molecule has 0 aliphatic heterocycles. The number of aromatic nitrogens is 3. The summed E-state index contributed by atoms with van der Waals surface area (Å²) in [6.45, 7) is 2.13. The zero-order valence-electron chi connectivity index (χ0n) is 18.9. The van der Waals surface area contributed by atoms with Gasteiger partial charge in [0.05, 0.1) is 4.92 Å². The van der Waals surface area contributed by atoms with E-state index in [0.717, 1.165) is 17.3 Å². The summed E-state index contributed by atoms with van der Waals surface area (Å²) in [4.78, 5) is 36.8. The molecule has 0 spiro atoms. The fourth-order valence-corrected chi connectivity index (χ4v) is 4.65. The Kier molecular flexibility index (Phi) is 7.41. The maximum absolute atomic E-state index is 13.4. The summed E-state index contributed by atoms with van der Waals surface area (Å²) in [7, 11) is 0. The first-order valence-corrected chi connectivity index (χ1v) is 11.8. The lowest BCUT2D eigenvalue weighted by atomic mass is 10.1. The molecule has 0 radical (unpaired) electrons. The number of carbonyl (C=O) groups excluding carboxylic acids is 1. The van der Waals surface area contributed by atoms with Gasteiger partial charge in [-0.15, -0.1) is 5.10 Å². The van der Waals surface area contributed by atoms with Crippen LogP contribution in [-0.2, 0) is 17.8 Å². The molecular weight excluding hydrogens is 466 g/mol. The van der Waals surface area contributed by atoms with Gasteiger partial charge >= 0.3 is 5.69 Å². The topological polar surface area (TPSA) is 123 Å². The number of aromatic amines is 1. The monoisotopic (exact) mass is 489 g/mol. The Labute approximate surface area is 205 Å². The molecule has 9 nitrogen and oxygen atoms in total. The smallest absolute Gasteiger partial charge is 0.319 e. The lowest BCUT2D eigenvalue weighted by Crippen LogP contribution is -2.22. The van der Waals surface area contributed by atoms with Crippen LogP contribution in [0.25, 0.3) is 0 Å². The minimum Gasteiger partial charge on any atom is -0.319 e. The van der Waals surface area contributed by atoms with Gasteiger partial charge in [-0.2, -0.15) is 0 Å². The highest BCUT2D eigenvalue weighted by atomic mass is 32.2. The van der Waals surface area contributed by atoms with Gasteiger partial charge in [-0.1, -0.05) is 78.5 Å². The number of hydrogen-bond donors (Lipinski definition) is 2. The van der Waals surface area contributed by atoms with E-state index in [1.807, 2.05) is 36.4 Å². The predicted molar refractivity (Wildman–Crippen MR) is 134 cm³/mol. The van der Waals surface area contributed by atoms with Gasteiger partial charge < -0.3 is 5.32 Å². The zero-order chi connectivity index (χ0) is 24.8. The summed E-state index contributed by atoms with van der Waals surface area (Å²) in [5, 5.41) is 20.4. The Balaban J connectivity index is 1.61. The Morgan fingerprint density at radius 2 is 1.80 bits per heavy atom. The molecule has 1 atom stereocenters. The van der Waals surface area contributed by atoms with E-state index < -0.39 is 16.1 Å². The fraction of sp³-hybridized carbons (Fsp3) is 0.160. The average Bonchev–Trinajstić information content (AvgIpc) is 3.22. The highest BCUT2D eigenvalue weighted by Gasteiger charge is 2.27. The van der Waals surface area contributed by atoms with Crippen molar-refractivity contribution in [2.45, 2.75) is 30.3 Å². The van der Waals surface area contributed by atoms with E-state index in [1.54, 1.807) is 37.3 Å². The molecule has 4 rings (SSSR count). The molecule has 1 amide bonds. The minimum atomic E-state index is -0.803. The molecule has 1 unspecified atom stereocenters. The van der Waals surface area contributed by atoms with Crippen LogP contribution in [0.4, 0.5) is 11.4 Å². The standard InChI is InChI=1S/C25H23N5O4S/c1-17-12-13-20(21(16-17)30(33)34)26-23(31)22(19-10-6-3-7-11-19)35-25-28-27-24(32)29(25)15-14-18-8-4-2-5-9-18/h2-13,16,22H,14-15H2,1H3,(H,26,31)(H,27,32). The van der Waals surface area contributed by atoms with Gasteiger partial charge in [0.25, 0.3) is 5.69 Å². The van der Waals surface area contributed by atoms with Crippen molar-refractivity contribution in [1.82, 2.24) is 14.8 Å². The van der Waals surface area contributed by atoms with Gasteiger partial charge in [-0.05, 0) is 36.1 Å². The second kappa shape index (κ2) is 10.8. The van der Waals surface area contributed by atoms with Crippen LogP contribution < -0.4 is 11.0 Å². The van der Waals surface area contributed by atoms with Crippen LogP contribution in [0.1, 0.15) is 21.9 Å². The van der Waals surface area contributed by atoms with Crippen molar-refractivity contribution < 1.29 is 9.72 Å². The fourth-order valence-electron chi connectivity index (χ4n) is 3.58. The van der Waals surface area contributed by atoms with Crippen LogP contribution in [-0.4, -0.2) is 25.6 Å². The third-order valence-electron chi connectivity index (χ3n) is 5.36. The summed E-state index contributed by atoms with van der Waals surface area (Å²) >= 11 is 1.11. The summed E-state index contributed by atoms with van der Waals surface area (Å²) in [6.07, 6.45) is 0.617. The third-order valence-corrected chi connectivity index (χ3v) is 6.61.